The first-order valence-electron chi connectivity index (χ1n) is 11.0. The summed E-state index contributed by atoms with van der Waals surface area (Å²) in [6.07, 6.45) is 4.38. The number of hydrogen-bond acceptors (Lipinski definition) is 9. The number of rotatable bonds is 9. The Balaban J connectivity index is 0.00000228. The smallest absolute Gasteiger partial charge is 0.302 e. The summed E-state index contributed by atoms with van der Waals surface area (Å²) in [4.78, 5) is 20.9. The molecule has 3 aromatic rings. The van der Waals surface area contributed by atoms with E-state index in [4.69, 9.17) is 4.74 Å². The van der Waals surface area contributed by atoms with Gasteiger partial charge in [0.25, 0.3) is 10.0 Å². The molecule has 0 bridgehead atoms. The Kier molecular flexibility index (Phi) is 6.74. The number of esters is 1. The summed E-state index contributed by atoms with van der Waals surface area (Å²) in [7, 11) is -3.66. The van der Waals surface area contributed by atoms with E-state index < -0.39 is 15.6 Å². The van der Waals surface area contributed by atoms with Gasteiger partial charge in [-0.1, -0.05) is 0 Å². The number of sulfonamides is 1. The van der Waals surface area contributed by atoms with Crippen LogP contribution in [0.15, 0.2) is 28.6 Å². The molecule has 1 saturated carbocycles. The molecule has 1 fully saturated rings. The Morgan fingerprint density at radius 3 is 2.76 bits per heavy atom. The van der Waals surface area contributed by atoms with Crippen molar-refractivity contribution in [3.63, 3.8) is 0 Å². The van der Waals surface area contributed by atoms with Crippen molar-refractivity contribution in [2.24, 2.45) is 0 Å². The van der Waals surface area contributed by atoms with E-state index in [2.05, 4.69) is 30.2 Å². The quantitative estimate of drug-likeness (QED) is 0.358. The SMILES string of the molecule is CC(=O)OCCc1cnc(-c2ccc(S(=O)(=O)NC(C)(C)C)s2)nc1Nc1cc(C2CC2)[nH]n1.[HH].[HH].[HH]. The highest BCUT2D eigenvalue weighted by atomic mass is 32.2. The zero-order valence-electron chi connectivity index (χ0n) is 19.5. The highest BCUT2D eigenvalue weighted by Gasteiger charge is 2.26. The first-order chi connectivity index (χ1) is 16.0. The summed E-state index contributed by atoms with van der Waals surface area (Å²) >= 11 is 1.10. The molecule has 0 aliphatic heterocycles. The second-order valence-electron chi connectivity index (χ2n) is 9.24. The Morgan fingerprint density at radius 1 is 1.32 bits per heavy atom. The molecule has 188 valence electrons. The van der Waals surface area contributed by atoms with Gasteiger partial charge in [0.1, 0.15) is 10.0 Å². The van der Waals surface area contributed by atoms with Crippen molar-refractivity contribution in [1.82, 2.24) is 24.9 Å². The lowest BCUT2D eigenvalue weighted by Crippen LogP contribution is -2.40. The van der Waals surface area contributed by atoms with Gasteiger partial charge in [-0.3, -0.25) is 9.89 Å². The number of thiophene rings is 1. The van der Waals surface area contributed by atoms with E-state index in [0.717, 1.165) is 35.4 Å². The molecule has 1 aliphatic carbocycles. The molecule has 0 saturated heterocycles. The monoisotopic (exact) mass is 510 g/mol. The van der Waals surface area contributed by atoms with Gasteiger partial charge in [-0.05, 0) is 45.7 Å². The molecule has 0 radical (unpaired) electrons. The van der Waals surface area contributed by atoms with Crippen molar-refractivity contribution in [3.8, 4) is 10.7 Å². The van der Waals surface area contributed by atoms with E-state index >= 15 is 0 Å². The predicted octanol–water partition coefficient (Wildman–Crippen LogP) is 4.47. The van der Waals surface area contributed by atoms with Crippen LogP contribution in [0.2, 0.25) is 0 Å². The largest absolute Gasteiger partial charge is 0.466 e. The first-order valence-corrected chi connectivity index (χ1v) is 13.3. The van der Waals surface area contributed by atoms with Crippen LogP contribution in [0.3, 0.4) is 0 Å². The standard InChI is InChI=1S/C22H28N6O4S2.3H2/c1-13(29)32-10-9-15-12-23-21(17-7-8-19(33-17)34(30,31)28-22(2,3)4)25-20(15)24-18-11-16(26-27-18)14-5-6-14;;;/h7-8,11-12,14,28H,5-6,9-10H2,1-4H3,(H2,23,24,25,26,27);3*1H. The molecule has 0 unspecified atom stereocenters. The maximum atomic E-state index is 12.7. The third-order valence-electron chi connectivity index (χ3n) is 4.91. The number of hydrogen-bond donors (Lipinski definition) is 3. The van der Waals surface area contributed by atoms with Crippen LogP contribution in [0.5, 0.6) is 0 Å². The van der Waals surface area contributed by atoms with E-state index in [1.807, 2.05) is 6.07 Å². The zero-order valence-corrected chi connectivity index (χ0v) is 21.1. The van der Waals surface area contributed by atoms with Crippen molar-refractivity contribution in [2.45, 2.75) is 62.6 Å². The average Bonchev–Trinajstić information content (AvgIpc) is 3.26. The van der Waals surface area contributed by atoms with Crippen molar-refractivity contribution < 1.29 is 22.2 Å². The van der Waals surface area contributed by atoms with Gasteiger partial charge in [0.05, 0.1) is 11.5 Å². The maximum absolute atomic E-state index is 12.7. The average molecular weight is 511 g/mol. The number of H-pyrrole nitrogens is 1. The number of aromatic amines is 1. The molecule has 0 aromatic carbocycles. The van der Waals surface area contributed by atoms with E-state index in [1.54, 1.807) is 39.1 Å². The van der Waals surface area contributed by atoms with Crippen molar-refractivity contribution >= 4 is 39.0 Å². The molecule has 12 heteroatoms. The Hall–Kier alpha value is -2.83. The number of nitrogens with one attached hydrogen (secondary N) is 3. The van der Waals surface area contributed by atoms with E-state index in [1.165, 1.54) is 6.92 Å². The van der Waals surface area contributed by atoms with Crippen molar-refractivity contribution in [1.29, 1.82) is 0 Å². The number of aromatic nitrogens is 4. The molecular formula is C22H34N6O4S2. The third kappa shape index (κ3) is 6.19. The van der Waals surface area contributed by atoms with Crippen LogP contribution in [-0.2, 0) is 26.0 Å². The van der Waals surface area contributed by atoms with Gasteiger partial charge in [-0.25, -0.2) is 23.1 Å². The number of ether oxygens (including phenoxy) is 1. The van der Waals surface area contributed by atoms with Crippen LogP contribution in [-0.4, -0.2) is 46.7 Å². The summed E-state index contributed by atoms with van der Waals surface area (Å²) in [6.45, 7) is 6.92. The molecule has 1 aliphatic rings. The molecule has 0 atom stereocenters. The Bertz CT molecular complexity index is 1300. The molecule has 3 aromatic heterocycles. The van der Waals surface area contributed by atoms with Crippen LogP contribution in [0.25, 0.3) is 10.7 Å². The first kappa shape index (κ1) is 24.3. The summed E-state index contributed by atoms with van der Waals surface area (Å²) in [6, 6.07) is 5.21. The summed E-state index contributed by atoms with van der Waals surface area (Å²) in [5.74, 6) is 1.71. The molecule has 3 heterocycles. The van der Waals surface area contributed by atoms with E-state index in [-0.39, 0.29) is 21.1 Å². The molecule has 0 amide bonds. The number of nitrogens with zero attached hydrogens (tertiary/aromatic N) is 3. The molecular weight excluding hydrogens is 476 g/mol. The Labute approximate surface area is 207 Å². The lowest BCUT2D eigenvalue weighted by Gasteiger charge is -2.19. The van der Waals surface area contributed by atoms with Crippen LogP contribution in [0.1, 0.15) is 62.0 Å². The predicted molar refractivity (Wildman–Crippen MR) is 136 cm³/mol. The van der Waals surface area contributed by atoms with Gasteiger partial charge in [0.2, 0.25) is 0 Å². The van der Waals surface area contributed by atoms with Crippen LogP contribution in [0, 0.1) is 0 Å². The summed E-state index contributed by atoms with van der Waals surface area (Å²) in [5, 5.41) is 10.6. The molecule has 4 rings (SSSR count). The van der Waals surface area contributed by atoms with Gasteiger partial charge in [0, 0.05) is 52.6 Å². The second-order valence-corrected chi connectivity index (χ2v) is 12.2. The summed E-state index contributed by atoms with van der Waals surface area (Å²) < 4.78 is 33.3. The molecule has 34 heavy (non-hydrogen) atoms. The minimum Gasteiger partial charge on any atom is -0.466 e. The normalized spacial score (nSPS) is 14.2. The third-order valence-corrected chi connectivity index (χ3v) is 8.24. The minimum atomic E-state index is -3.66. The maximum Gasteiger partial charge on any atom is 0.302 e. The lowest BCUT2D eigenvalue weighted by atomic mass is 10.1. The summed E-state index contributed by atoms with van der Waals surface area (Å²) in [5.41, 5.74) is 1.24. The number of carbonyl (C=O) groups excluding carboxylic acids is 1. The molecule has 3 N–H and O–H groups in total. The zero-order chi connectivity index (χ0) is 24.5. The van der Waals surface area contributed by atoms with E-state index in [9.17, 15) is 13.2 Å². The fourth-order valence-corrected chi connectivity index (χ4v) is 5.95. The minimum absolute atomic E-state index is 0. The van der Waals surface area contributed by atoms with Crippen LogP contribution in [0.4, 0.5) is 11.6 Å². The number of carbonyl (C=O) groups is 1. The highest BCUT2D eigenvalue weighted by molar-refractivity contribution is 7.91. The topological polar surface area (TPSA) is 139 Å². The van der Waals surface area contributed by atoms with E-state index in [0.29, 0.717) is 34.7 Å². The van der Waals surface area contributed by atoms with Crippen LogP contribution >= 0.6 is 11.3 Å². The van der Waals surface area contributed by atoms with Gasteiger partial charge < -0.3 is 10.1 Å². The number of anilines is 2. The van der Waals surface area contributed by atoms with Crippen LogP contribution < -0.4 is 10.0 Å². The molecule has 10 nitrogen and oxygen atoms in total. The van der Waals surface area contributed by atoms with Gasteiger partial charge in [-0.2, -0.15) is 5.10 Å². The second kappa shape index (κ2) is 9.43. The van der Waals surface area contributed by atoms with Gasteiger partial charge >= 0.3 is 5.97 Å². The fraction of sp³-hybridized carbons (Fsp3) is 0.455. The molecule has 0 spiro atoms. The van der Waals surface area contributed by atoms with Crippen molar-refractivity contribution in [2.75, 3.05) is 11.9 Å². The van der Waals surface area contributed by atoms with Gasteiger partial charge in [-0.15, -0.1) is 11.3 Å². The van der Waals surface area contributed by atoms with Crippen molar-refractivity contribution in [3.05, 3.63) is 35.7 Å². The fourth-order valence-electron chi connectivity index (χ4n) is 3.28. The van der Waals surface area contributed by atoms with Gasteiger partial charge in [0.15, 0.2) is 11.6 Å². The highest BCUT2D eigenvalue weighted by Crippen LogP contribution is 2.40. The lowest BCUT2D eigenvalue weighted by molar-refractivity contribution is -0.140. The Morgan fingerprint density at radius 2 is 2.09 bits per heavy atom.